The highest BCUT2D eigenvalue weighted by atomic mass is 79.9. The molecule has 4 nitrogen and oxygen atoms in total. The number of hydrogen-bond donors (Lipinski definition) is 1. The lowest BCUT2D eigenvalue weighted by atomic mass is 10.2. The molecule has 1 heterocycles. The highest BCUT2D eigenvalue weighted by Crippen LogP contribution is 2.31. The summed E-state index contributed by atoms with van der Waals surface area (Å²) in [4.78, 5) is 12.2. The van der Waals surface area contributed by atoms with Crippen LogP contribution >= 0.6 is 27.5 Å². The Balaban J connectivity index is 1.70. The number of amides is 1. The molecular formula is C15H11BrClNO3. The van der Waals surface area contributed by atoms with E-state index in [1.165, 1.54) is 0 Å². The summed E-state index contributed by atoms with van der Waals surface area (Å²) in [5.74, 6) is 0.954. The third-order valence-corrected chi connectivity index (χ3v) is 4.20. The lowest BCUT2D eigenvalue weighted by molar-refractivity contribution is -0.125. The Bertz CT molecular complexity index is 692. The number of halogens is 2. The van der Waals surface area contributed by atoms with Gasteiger partial charge in [0.15, 0.2) is 11.5 Å². The maximum atomic E-state index is 12.2. The van der Waals surface area contributed by atoms with Crippen LogP contribution in [0.15, 0.2) is 46.9 Å². The molecule has 1 aliphatic rings. The van der Waals surface area contributed by atoms with Crippen molar-refractivity contribution in [3.8, 4) is 11.5 Å². The molecule has 108 valence electrons. The van der Waals surface area contributed by atoms with Gasteiger partial charge in [-0.25, -0.2) is 0 Å². The van der Waals surface area contributed by atoms with Crippen molar-refractivity contribution < 1.29 is 14.3 Å². The van der Waals surface area contributed by atoms with Crippen LogP contribution in [0.3, 0.4) is 0 Å². The zero-order valence-electron chi connectivity index (χ0n) is 10.8. The number of ether oxygens (including phenoxy) is 2. The zero-order chi connectivity index (χ0) is 14.8. The summed E-state index contributed by atoms with van der Waals surface area (Å²) in [5, 5.41) is 3.36. The van der Waals surface area contributed by atoms with Gasteiger partial charge in [-0.1, -0.05) is 23.7 Å². The lowest BCUT2D eigenvalue weighted by Gasteiger charge is -2.25. The van der Waals surface area contributed by atoms with E-state index in [0.717, 1.165) is 0 Å². The number of hydrogen-bond acceptors (Lipinski definition) is 3. The second-order valence-corrected chi connectivity index (χ2v) is 5.74. The summed E-state index contributed by atoms with van der Waals surface area (Å²) < 4.78 is 11.9. The van der Waals surface area contributed by atoms with E-state index < -0.39 is 6.10 Å². The predicted molar refractivity (Wildman–Crippen MR) is 84.1 cm³/mol. The Morgan fingerprint density at radius 1 is 1.24 bits per heavy atom. The summed E-state index contributed by atoms with van der Waals surface area (Å²) in [6.45, 7) is 0.178. The first-order chi connectivity index (χ1) is 10.1. The van der Waals surface area contributed by atoms with Gasteiger partial charge in [0.05, 0.1) is 5.02 Å². The molecule has 1 unspecified atom stereocenters. The maximum Gasteiger partial charge on any atom is 0.269 e. The molecule has 0 aromatic heterocycles. The zero-order valence-corrected chi connectivity index (χ0v) is 13.1. The third-order valence-electron chi connectivity index (χ3n) is 2.99. The van der Waals surface area contributed by atoms with Gasteiger partial charge in [0, 0.05) is 10.2 Å². The van der Waals surface area contributed by atoms with E-state index in [0.29, 0.717) is 26.7 Å². The molecule has 21 heavy (non-hydrogen) atoms. The Kier molecular flexibility index (Phi) is 4.03. The Morgan fingerprint density at radius 3 is 2.76 bits per heavy atom. The first kappa shape index (κ1) is 14.2. The van der Waals surface area contributed by atoms with E-state index in [1.807, 2.05) is 12.1 Å². The van der Waals surface area contributed by atoms with Crippen LogP contribution in [0.1, 0.15) is 0 Å². The molecule has 0 aliphatic carbocycles. The molecule has 6 heteroatoms. The number of anilines is 1. The van der Waals surface area contributed by atoms with Crippen molar-refractivity contribution in [1.82, 2.24) is 0 Å². The smallest absolute Gasteiger partial charge is 0.269 e. The fourth-order valence-corrected chi connectivity index (χ4v) is 2.44. The molecule has 2 aromatic carbocycles. The minimum absolute atomic E-state index is 0.178. The maximum absolute atomic E-state index is 12.2. The van der Waals surface area contributed by atoms with Crippen LogP contribution in [-0.2, 0) is 4.79 Å². The normalized spacial score (nSPS) is 16.4. The molecule has 1 amide bonds. The SMILES string of the molecule is O=C(Nc1ccc(Cl)c(Br)c1)C1COc2ccccc2O1. The summed E-state index contributed by atoms with van der Waals surface area (Å²) in [6.07, 6.45) is -0.686. The van der Waals surface area contributed by atoms with E-state index >= 15 is 0 Å². The van der Waals surface area contributed by atoms with Gasteiger partial charge < -0.3 is 14.8 Å². The van der Waals surface area contributed by atoms with Gasteiger partial charge in [0.1, 0.15) is 6.61 Å². The Labute approximate surface area is 135 Å². The van der Waals surface area contributed by atoms with Crippen molar-refractivity contribution in [3.63, 3.8) is 0 Å². The summed E-state index contributed by atoms with van der Waals surface area (Å²) in [6, 6.07) is 12.4. The van der Waals surface area contributed by atoms with Crippen LogP contribution in [0.2, 0.25) is 5.02 Å². The third kappa shape index (κ3) is 3.14. The number of nitrogens with one attached hydrogen (secondary N) is 1. The van der Waals surface area contributed by atoms with Crippen LogP contribution in [0.5, 0.6) is 11.5 Å². The molecule has 3 rings (SSSR count). The fourth-order valence-electron chi connectivity index (χ4n) is 1.95. The van der Waals surface area contributed by atoms with Crippen molar-refractivity contribution in [1.29, 1.82) is 0 Å². The van der Waals surface area contributed by atoms with Crippen LogP contribution in [0, 0.1) is 0 Å². The Hall–Kier alpha value is -1.72. The lowest BCUT2D eigenvalue weighted by Crippen LogP contribution is -2.40. The topological polar surface area (TPSA) is 47.6 Å². The molecule has 0 saturated heterocycles. The molecule has 2 aromatic rings. The van der Waals surface area contributed by atoms with Crippen LogP contribution in [0.4, 0.5) is 5.69 Å². The monoisotopic (exact) mass is 367 g/mol. The molecule has 1 aliphatic heterocycles. The molecule has 0 radical (unpaired) electrons. The summed E-state index contributed by atoms with van der Waals surface area (Å²) in [5.41, 5.74) is 0.638. The fraction of sp³-hybridized carbons (Fsp3) is 0.133. The van der Waals surface area contributed by atoms with Crippen molar-refractivity contribution >= 4 is 39.1 Å². The number of para-hydroxylation sites is 2. The van der Waals surface area contributed by atoms with Crippen LogP contribution < -0.4 is 14.8 Å². The summed E-state index contributed by atoms with van der Waals surface area (Å²) >= 11 is 9.23. The second-order valence-electron chi connectivity index (χ2n) is 4.48. The van der Waals surface area contributed by atoms with Gasteiger partial charge in [0.2, 0.25) is 6.10 Å². The molecule has 0 bridgehead atoms. The van der Waals surface area contributed by atoms with Crippen molar-refractivity contribution in [2.45, 2.75) is 6.10 Å². The molecule has 0 spiro atoms. The largest absolute Gasteiger partial charge is 0.485 e. The molecule has 0 saturated carbocycles. The minimum atomic E-state index is -0.686. The highest BCUT2D eigenvalue weighted by Gasteiger charge is 2.27. The van der Waals surface area contributed by atoms with Crippen molar-refractivity contribution in [2.75, 3.05) is 11.9 Å². The molecule has 1 atom stereocenters. The van der Waals surface area contributed by atoms with Crippen molar-refractivity contribution in [3.05, 3.63) is 52.0 Å². The van der Waals surface area contributed by atoms with Gasteiger partial charge in [-0.05, 0) is 46.3 Å². The van der Waals surface area contributed by atoms with Crippen LogP contribution in [0.25, 0.3) is 0 Å². The van der Waals surface area contributed by atoms with E-state index in [-0.39, 0.29) is 12.5 Å². The van der Waals surface area contributed by atoms with Gasteiger partial charge in [-0.3, -0.25) is 4.79 Å². The minimum Gasteiger partial charge on any atom is -0.485 e. The number of carbonyl (C=O) groups excluding carboxylic acids is 1. The van der Waals surface area contributed by atoms with Gasteiger partial charge in [0.25, 0.3) is 5.91 Å². The first-order valence-electron chi connectivity index (χ1n) is 6.28. The van der Waals surface area contributed by atoms with Crippen molar-refractivity contribution in [2.24, 2.45) is 0 Å². The van der Waals surface area contributed by atoms with Gasteiger partial charge in [-0.2, -0.15) is 0 Å². The van der Waals surface area contributed by atoms with E-state index in [4.69, 9.17) is 21.1 Å². The average molecular weight is 369 g/mol. The van der Waals surface area contributed by atoms with E-state index in [1.54, 1.807) is 30.3 Å². The number of rotatable bonds is 2. The van der Waals surface area contributed by atoms with E-state index in [9.17, 15) is 4.79 Å². The predicted octanol–water partition coefficient (Wildman–Crippen LogP) is 3.88. The highest BCUT2D eigenvalue weighted by molar-refractivity contribution is 9.10. The van der Waals surface area contributed by atoms with Gasteiger partial charge >= 0.3 is 0 Å². The summed E-state index contributed by atoms with van der Waals surface area (Å²) in [7, 11) is 0. The Morgan fingerprint density at radius 2 is 2.00 bits per heavy atom. The molecule has 1 N–H and O–H groups in total. The first-order valence-corrected chi connectivity index (χ1v) is 7.45. The quantitative estimate of drug-likeness (QED) is 0.875. The van der Waals surface area contributed by atoms with E-state index in [2.05, 4.69) is 21.2 Å². The standard InChI is InChI=1S/C15H11BrClNO3/c16-10-7-9(5-6-11(10)17)18-15(19)14-8-20-12-3-1-2-4-13(12)21-14/h1-7,14H,8H2,(H,18,19). The average Bonchev–Trinajstić information content (AvgIpc) is 2.50. The number of fused-ring (bicyclic) bond motifs is 1. The number of benzene rings is 2. The second kappa shape index (κ2) is 5.95. The van der Waals surface area contributed by atoms with Gasteiger partial charge in [-0.15, -0.1) is 0 Å². The number of carbonyl (C=O) groups is 1. The molecular weight excluding hydrogens is 358 g/mol. The molecule has 0 fully saturated rings. The van der Waals surface area contributed by atoms with Crippen LogP contribution in [-0.4, -0.2) is 18.6 Å².